The van der Waals surface area contributed by atoms with Gasteiger partial charge in [0.1, 0.15) is 0 Å². The Morgan fingerprint density at radius 3 is 2.89 bits per heavy atom. The molecule has 1 saturated heterocycles. The summed E-state index contributed by atoms with van der Waals surface area (Å²) in [6, 6.07) is 7.16. The molecule has 18 heavy (non-hydrogen) atoms. The minimum Gasteiger partial charge on any atom is -0.409 e. The molecule has 1 fully saturated rings. The van der Waals surface area contributed by atoms with Gasteiger partial charge in [0.25, 0.3) is 5.91 Å². The van der Waals surface area contributed by atoms with E-state index in [1.807, 2.05) is 25.1 Å². The van der Waals surface area contributed by atoms with Crippen molar-refractivity contribution < 1.29 is 10.0 Å². The molecular formula is C13H17N3O2. The topological polar surface area (TPSA) is 78.9 Å². The summed E-state index contributed by atoms with van der Waals surface area (Å²) in [6.07, 6.45) is 1.62. The predicted molar refractivity (Wildman–Crippen MR) is 68.6 cm³/mol. The summed E-state index contributed by atoms with van der Waals surface area (Å²) in [5, 5.41) is 11.8. The molecule has 1 heterocycles. The molecule has 0 saturated carbocycles. The van der Waals surface area contributed by atoms with E-state index in [-0.39, 0.29) is 17.8 Å². The molecule has 1 amide bonds. The van der Waals surface area contributed by atoms with E-state index >= 15 is 0 Å². The highest BCUT2D eigenvalue weighted by molar-refractivity contribution is 5.99. The Balaban J connectivity index is 2.26. The molecule has 5 heteroatoms. The lowest BCUT2D eigenvalue weighted by atomic mass is 10.1. The summed E-state index contributed by atoms with van der Waals surface area (Å²) in [7, 11) is 0. The predicted octanol–water partition coefficient (Wildman–Crippen LogP) is 1.35. The van der Waals surface area contributed by atoms with Crippen LogP contribution in [-0.2, 0) is 0 Å². The van der Waals surface area contributed by atoms with E-state index in [1.165, 1.54) is 0 Å². The zero-order chi connectivity index (χ0) is 13.1. The van der Waals surface area contributed by atoms with Crippen LogP contribution < -0.4 is 5.73 Å². The van der Waals surface area contributed by atoms with Gasteiger partial charge < -0.3 is 15.8 Å². The average molecular weight is 247 g/mol. The maximum Gasteiger partial charge on any atom is 0.254 e. The number of carbonyl (C=O) groups excluding carboxylic acids is 1. The van der Waals surface area contributed by atoms with Crippen LogP contribution in [0.1, 0.15) is 28.8 Å². The van der Waals surface area contributed by atoms with Crippen molar-refractivity contribution in [3.8, 4) is 0 Å². The lowest BCUT2D eigenvalue weighted by molar-refractivity contribution is 0.0767. The van der Waals surface area contributed by atoms with E-state index in [1.54, 1.807) is 11.0 Å². The molecule has 0 radical (unpaired) electrons. The first kappa shape index (κ1) is 12.4. The number of rotatable bonds is 2. The van der Waals surface area contributed by atoms with Gasteiger partial charge in [-0.2, -0.15) is 0 Å². The van der Waals surface area contributed by atoms with Crippen LogP contribution in [0.2, 0.25) is 0 Å². The Kier molecular flexibility index (Phi) is 3.50. The lowest BCUT2D eigenvalue weighted by Crippen LogP contribution is -2.44. The van der Waals surface area contributed by atoms with Crippen LogP contribution in [0, 0.1) is 6.92 Å². The van der Waals surface area contributed by atoms with Crippen LogP contribution in [-0.4, -0.2) is 34.4 Å². The molecule has 0 aromatic heterocycles. The summed E-state index contributed by atoms with van der Waals surface area (Å²) in [5.41, 5.74) is 7.24. The standard InChI is InChI=1S/C13H17N3O2/c1-9-5-2-3-6-10(9)13(17)16-8-4-7-11(16)12(14)15-18/h2-3,5-6,11,18H,4,7-8H2,1H3,(H2,14,15). The third-order valence-electron chi connectivity index (χ3n) is 3.35. The van der Waals surface area contributed by atoms with E-state index in [0.717, 1.165) is 18.4 Å². The fraction of sp³-hybridized carbons (Fsp3) is 0.385. The average Bonchev–Trinajstić information content (AvgIpc) is 2.86. The van der Waals surface area contributed by atoms with Gasteiger partial charge in [-0.25, -0.2) is 0 Å². The van der Waals surface area contributed by atoms with Crippen LogP contribution in [0.4, 0.5) is 0 Å². The zero-order valence-corrected chi connectivity index (χ0v) is 10.3. The highest BCUT2D eigenvalue weighted by atomic mass is 16.4. The molecule has 1 aromatic rings. The van der Waals surface area contributed by atoms with Gasteiger partial charge in [0.15, 0.2) is 5.84 Å². The van der Waals surface area contributed by atoms with Crippen LogP contribution in [0.25, 0.3) is 0 Å². The number of nitrogens with two attached hydrogens (primary N) is 1. The zero-order valence-electron chi connectivity index (χ0n) is 10.3. The Morgan fingerprint density at radius 2 is 2.22 bits per heavy atom. The number of benzene rings is 1. The molecule has 0 spiro atoms. The van der Waals surface area contributed by atoms with Gasteiger partial charge in [-0.05, 0) is 31.4 Å². The number of carbonyl (C=O) groups is 1. The van der Waals surface area contributed by atoms with Crippen molar-refractivity contribution in [2.45, 2.75) is 25.8 Å². The number of hydrogen-bond acceptors (Lipinski definition) is 3. The molecule has 1 aliphatic rings. The molecule has 2 rings (SSSR count). The Bertz CT molecular complexity index is 485. The first-order valence-electron chi connectivity index (χ1n) is 5.99. The number of likely N-dealkylation sites (tertiary alicyclic amines) is 1. The van der Waals surface area contributed by atoms with E-state index < -0.39 is 0 Å². The van der Waals surface area contributed by atoms with Crippen LogP contribution in [0.3, 0.4) is 0 Å². The second-order valence-electron chi connectivity index (χ2n) is 4.50. The van der Waals surface area contributed by atoms with Crippen LogP contribution >= 0.6 is 0 Å². The Labute approximate surface area is 106 Å². The van der Waals surface area contributed by atoms with Gasteiger partial charge in [-0.15, -0.1) is 0 Å². The Morgan fingerprint density at radius 1 is 1.50 bits per heavy atom. The second-order valence-corrected chi connectivity index (χ2v) is 4.50. The van der Waals surface area contributed by atoms with Crippen molar-refractivity contribution >= 4 is 11.7 Å². The fourth-order valence-corrected chi connectivity index (χ4v) is 2.35. The van der Waals surface area contributed by atoms with Crippen LogP contribution in [0.15, 0.2) is 29.4 Å². The van der Waals surface area contributed by atoms with E-state index in [0.29, 0.717) is 12.1 Å². The summed E-state index contributed by atoms with van der Waals surface area (Å²) < 4.78 is 0. The van der Waals surface area contributed by atoms with E-state index in [2.05, 4.69) is 5.16 Å². The second kappa shape index (κ2) is 5.08. The third kappa shape index (κ3) is 2.16. The van der Waals surface area contributed by atoms with Gasteiger partial charge in [0, 0.05) is 12.1 Å². The first-order chi connectivity index (χ1) is 8.65. The first-order valence-corrected chi connectivity index (χ1v) is 5.99. The van der Waals surface area contributed by atoms with Gasteiger partial charge in [0.2, 0.25) is 0 Å². The van der Waals surface area contributed by atoms with Crippen molar-refractivity contribution in [3.05, 3.63) is 35.4 Å². The minimum absolute atomic E-state index is 0.0535. The van der Waals surface area contributed by atoms with Gasteiger partial charge >= 0.3 is 0 Å². The van der Waals surface area contributed by atoms with E-state index in [9.17, 15) is 4.79 Å². The molecule has 0 bridgehead atoms. The lowest BCUT2D eigenvalue weighted by Gasteiger charge is -2.24. The number of oxime groups is 1. The quantitative estimate of drug-likeness (QED) is 0.358. The van der Waals surface area contributed by atoms with Crippen molar-refractivity contribution in [1.82, 2.24) is 4.90 Å². The molecule has 96 valence electrons. The number of aryl methyl sites for hydroxylation is 1. The number of nitrogens with zero attached hydrogens (tertiary/aromatic N) is 2. The molecule has 1 aliphatic heterocycles. The van der Waals surface area contributed by atoms with E-state index in [4.69, 9.17) is 10.9 Å². The minimum atomic E-state index is -0.290. The maximum atomic E-state index is 12.4. The molecule has 1 atom stereocenters. The number of amidine groups is 1. The number of amides is 1. The highest BCUT2D eigenvalue weighted by Gasteiger charge is 2.32. The molecular weight excluding hydrogens is 230 g/mol. The molecule has 1 aromatic carbocycles. The fourth-order valence-electron chi connectivity index (χ4n) is 2.35. The smallest absolute Gasteiger partial charge is 0.254 e. The molecule has 3 N–H and O–H groups in total. The van der Waals surface area contributed by atoms with Crippen molar-refractivity contribution in [2.75, 3.05) is 6.54 Å². The van der Waals surface area contributed by atoms with Gasteiger partial charge in [-0.1, -0.05) is 23.4 Å². The molecule has 0 aliphatic carbocycles. The molecule has 5 nitrogen and oxygen atoms in total. The normalized spacial score (nSPS) is 20.2. The summed E-state index contributed by atoms with van der Waals surface area (Å²) in [4.78, 5) is 14.1. The van der Waals surface area contributed by atoms with Crippen molar-refractivity contribution in [3.63, 3.8) is 0 Å². The SMILES string of the molecule is Cc1ccccc1C(=O)N1CCCC1C(N)=NO. The monoisotopic (exact) mass is 247 g/mol. The largest absolute Gasteiger partial charge is 0.409 e. The van der Waals surface area contributed by atoms with Crippen molar-refractivity contribution in [2.24, 2.45) is 10.9 Å². The Hall–Kier alpha value is -2.04. The molecule has 1 unspecified atom stereocenters. The summed E-state index contributed by atoms with van der Waals surface area (Å²) >= 11 is 0. The van der Waals surface area contributed by atoms with Gasteiger partial charge in [-0.3, -0.25) is 4.79 Å². The summed E-state index contributed by atoms with van der Waals surface area (Å²) in [5.74, 6) is 0.0524. The van der Waals surface area contributed by atoms with Crippen molar-refractivity contribution in [1.29, 1.82) is 0 Å². The third-order valence-corrected chi connectivity index (χ3v) is 3.35. The summed E-state index contributed by atoms with van der Waals surface area (Å²) in [6.45, 7) is 2.55. The number of hydrogen-bond donors (Lipinski definition) is 2. The highest BCUT2D eigenvalue weighted by Crippen LogP contribution is 2.21. The van der Waals surface area contributed by atoms with Gasteiger partial charge in [0.05, 0.1) is 6.04 Å². The maximum absolute atomic E-state index is 12.4. The van der Waals surface area contributed by atoms with Crippen LogP contribution in [0.5, 0.6) is 0 Å².